The van der Waals surface area contributed by atoms with Crippen LogP contribution in [0.4, 0.5) is 10.1 Å². The SMILES string of the molecule is Cc1occc(=O)c1OCC(=O)NNc1ccc(F)cc1. The van der Waals surface area contributed by atoms with Gasteiger partial charge in [-0.25, -0.2) is 4.39 Å². The van der Waals surface area contributed by atoms with Crippen molar-refractivity contribution in [3.05, 3.63) is 58.4 Å². The molecule has 1 heterocycles. The minimum absolute atomic E-state index is 0.00516. The molecule has 1 aromatic carbocycles. The van der Waals surface area contributed by atoms with E-state index in [0.29, 0.717) is 11.4 Å². The molecule has 6 nitrogen and oxygen atoms in total. The summed E-state index contributed by atoms with van der Waals surface area (Å²) in [7, 11) is 0. The number of hydrogen-bond acceptors (Lipinski definition) is 5. The summed E-state index contributed by atoms with van der Waals surface area (Å²) in [6, 6.07) is 6.64. The number of hydrogen-bond donors (Lipinski definition) is 2. The number of carbonyl (C=O) groups excluding carboxylic acids is 1. The molecule has 2 rings (SSSR count). The first-order valence-corrected chi connectivity index (χ1v) is 6.08. The van der Waals surface area contributed by atoms with Crippen LogP contribution in [-0.2, 0) is 4.79 Å². The molecule has 0 bridgehead atoms. The van der Waals surface area contributed by atoms with Gasteiger partial charge in [0.15, 0.2) is 6.61 Å². The normalized spacial score (nSPS) is 10.0. The molecule has 0 saturated heterocycles. The van der Waals surface area contributed by atoms with E-state index in [0.717, 1.165) is 0 Å². The summed E-state index contributed by atoms with van der Waals surface area (Å²) in [6.45, 7) is 1.20. The van der Waals surface area contributed by atoms with E-state index < -0.39 is 5.91 Å². The summed E-state index contributed by atoms with van der Waals surface area (Å²) < 4.78 is 22.8. The van der Waals surface area contributed by atoms with Crippen LogP contribution < -0.4 is 21.0 Å². The minimum Gasteiger partial charge on any atom is -0.476 e. The molecule has 2 N–H and O–H groups in total. The van der Waals surface area contributed by atoms with Gasteiger partial charge < -0.3 is 9.15 Å². The number of halogens is 1. The zero-order valence-electron chi connectivity index (χ0n) is 11.2. The minimum atomic E-state index is -0.498. The first kappa shape index (κ1) is 14.6. The molecule has 0 saturated carbocycles. The van der Waals surface area contributed by atoms with Crippen molar-refractivity contribution in [1.82, 2.24) is 5.43 Å². The molecule has 0 aliphatic carbocycles. The molecular weight excluding hydrogens is 279 g/mol. The van der Waals surface area contributed by atoms with Crippen molar-refractivity contribution in [2.45, 2.75) is 6.92 Å². The van der Waals surface area contributed by atoms with Crippen LogP contribution in [0.5, 0.6) is 5.75 Å². The Morgan fingerprint density at radius 3 is 2.67 bits per heavy atom. The predicted molar refractivity (Wildman–Crippen MR) is 73.4 cm³/mol. The molecule has 0 radical (unpaired) electrons. The van der Waals surface area contributed by atoms with E-state index in [2.05, 4.69) is 10.9 Å². The summed E-state index contributed by atoms with van der Waals surface area (Å²) in [5.41, 5.74) is 5.10. The Bertz CT molecular complexity index is 682. The van der Waals surface area contributed by atoms with Gasteiger partial charge in [0.2, 0.25) is 11.2 Å². The lowest BCUT2D eigenvalue weighted by Gasteiger charge is -2.09. The maximum Gasteiger partial charge on any atom is 0.276 e. The lowest BCUT2D eigenvalue weighted by atomic mass is 10.3. The summed E-state index contributed by atoms with van der Waals surface area (Å²) in [5.74, 6) is -0.584. The van der Waals surface area contributed by atoms with Crippen molar-refractivity contribution in [2.24, 2.45) is 0 Å². The number of hydrazine groups is 1. The highest BCUT2D eigenvalue weighted by Gasteiger charge is 2.09. The van der Waals surface area contributed by atoms with Crippen molar-refractivity contribution in [3.8, 4) is 5.75 Å². The number of amides is 1. The largest absolute Gasteiger partial charge is 0.476 e. The van der Waals surface area contributed by atoms with Gasteiger partial charge in [0, 0.05) is 6.07 Å². The van der Waals surface area contributed by atoms with Crippen LogP contribution in [0.1, 0.15) is 5.76 Å². The number of benzene rings is 1. The van der Waals surface area contributed by atoms with Gasteiger partial charge in [-0.05, 0) is 31.2 Å². The summed E-state index contributed by atoms with van der Waals surface area (Å²) in [6.07, 6.45) is 1.25. The number of nitrogens with one attached hydrogen (secondary N) is 2. The smallest absolute Gasteiger partial charge is 0.276 e. The molecule has 0 atom stereocenters. The zero-order chi connectivity index (χ0) is 15.2. The Kier molecular flexibility index (Phi) is 4.55. The van der Waals surface area contributed by atoms with Gasteiger partial charge in [0.05, 0.1) is 12.0 Å². The van der Waals surface area contributed by atoms with E-state index >= 15 is 0 Å². The highest BCUT2D eigenvalue weighted by atomic mass is 19.1. The second-order valence-electron chi connectivity index (χ2n) is 4.14. The summed E-state index contributed by atoms with van der Waals surface area (Å²) >= 11 is 0. The topological polar surface area (TPSA) is 80.6 Å². The van der Waals surface area contributed by atoms with E-state index in [1.807, 2.05) is 0 Å². The zero-order valence-corrected chi connectivity index (χ0v) is 11.2. The monoisotopic (exact) mass is 292 g/mol. The average molecular weight is 292 g/mol. The van der Waals surface area contributed by atoms with Gasteiger partial charge in [-0.3, -0.25) is 20.4 Å². The molecule has 110 valence electrons. The van der Waals surface area contributed by atoms with Crippen LogP contribution in [0, 0.1) is 12.7 Å². The van der Waals surface area contributed by atoms with Crippen molar-refractivity contribution < 1.29 is 18.3 Å². The number of anilines is 1. The number of carbonyl (C=O) groups is 1. The van der Waals surface area contributed by atoms with E-state index in [9.17, 15) is 14.0 Å². The third-order valence-electron chi connectivity index (χ3n) is 2.55. The van der Waals surface area contributed by atoms with E-state index in [1.165, 1.54) is 36.6 Å². The highest BCUT2D eigenvalue weighted by Crippen LogP contribution is 2.10. The number of aryl methyl sites for hydroxylation is 1. The molecule has 1 aromatic heterocycles. The van der Waals surface area contributed by atoms with Crippen LogP contribution in [-0.4, -0.2) is 12.5 Å². The fourth-order valence-electron chi connectivity index (χ4n) is 1.52. The van der Waals surface area contributed by atoms with E-state index in [-0.39, 0.29) is 23.6 Å². The Morgan fingerprint density at radius 1 is 1.29 bits per heavy atom. The Hall–Kier alpha value is -2.83. The van der Waals surface area contributed by atoms with Crippen LogP contribution in [0.15, 0.2) is 45.8 Å². The van der Waals surface area contributed by atoms with Crippen molar-refractivity contribution in [2.75, 3.05) is 12.0 Å². The van der Waals surface area contributed by atoms with Gasteiger partial charge in [-0.1, -0.05) is 0 Å². The van der Waals surface area contributed by atoms with Crippen molar-refractivity contribution in [1.29, 1.82) is 0 Å². The van der Waals surface area contributed by atoms with E-state index in [4.69, 9.17) is 9.15 Å². The van der Waals surface area contributed by atoms with E-state index in [1.54, 1.807) is 6.92 Å². The van der Waals surface area contributed by atoms with Crippen LogP contribution in [0.3, 0.4) is 0 Å². The molecule has 0 aliphatic heterocycles. The third-order valence-corrected chi connectivity index (χ3v) is 2.55. The van der Waals surface area contributed by atoms with Crippen LogP contribution >= 0.6 is 0 Å². The molecule has 0 unspecified atom stereocenters. The van der Waals surface area contributed by atoms with Gasteiger partial charge in [-0.2, -0.15) is 0 Å². The molecule has 1 amide bonds. The fourth-order valence-corrected chi connectivity index (χ4v) is 1.52. The Balaban J connectivity index is 1.85. The van der Waals surface area contributed by atoms with Gasteiger partial charge in [0.1, 0.15) is 11.6 Å². The third kappa shape index (κ3) is 4.07. The van der Waals surface area contributed by atoms with Gasteiger partial charge in [0.25, 0.3) is 5.91 Å². The van der Waals surface area contributed by atoms with Crippen LogP contribution in [0.25, 0.3) is 0 Å². The molecule has 7 heteroatoms. The highest BCUT2D eigenvalue weighted by molar-refractivity contribution is 5.78. The lowest BCUT2D eigenvalue weighted by molar-refractivity contribution is -0.122. The summed E-state index contributed by atoms with van der Waals surface area (Å²) in [5, 5.41) is 0. The molecule has 0 spiro atoms. The van der Waals surface area contributed by atoms with Crippen molar-refractivity contribution in [3.63, 3.8) is 0 Å². The fraction of sp³-hybridized carbons (Fsp3) is 0.143. The molecule has 0 aliphatic rings. The van der Waals surface area contributed by atoms with Crippen molar-refractivity contribution >= 4 is 11.6 Å². The molecular formula is C14H13FN2O4. The number of ether oxygens (including phenoxy) is 1. The molecule has 21 heavy (non-hydrogen) atoms. The lowest BCUT2D eigenvalue weighted by Crippen LogP contribution is -2.34. The predicted octanol–water partition coefficient (Wildman–Crippen LogP) is 1.61. The maximum atomic E-state index is 12.7. The van der Waals surface area contributed by atoms with Crippen LogP contribution in [0.2, 0.25) is 0 Å². The molecule has 2 aromatic rings. The first-order valence-electron chi connectivity index (χ1n) is 6.08. The van der Waals surface area contributed by atoms with Gasteiger partial charge in [-0.15, -0.1) is 0 Å². The Labute approximate surface area is 119 Å². The number of rotatable bonds is 5. The summed E-state index contributed by atoms with van der Waals surface area (Å²) in [4.78, 5) is 23.1. The second kappa shape index (κ2) is 6.56. The molecule has 0 fully saturated rings. The first-order chi connectivity index (χ1) is 10.1. The maximum absolute atomic E-state index is 12.7. The Morgan fingerprint density at radius 2 is 2.00 bits per heavy atom. The van der Waals surface area contributed by atoms with Gasteiger partial charge >= 0.3 is 0 Å². The quantitative estimate of drug-likeness (QED) is 0.818. The second-order valence-corrected chi connectivity index (χ2v) is 4.14. The standard InChI is InChI=1S/C14H13FN2O4/c1-9-14(12(18)6-7-20-9)21-8-13(19)17-16-11-4-2-10(15)3-5-11/h2-7,16H,8H2,1H3,(H,17,19). The average Bonchev–Trinajstić information content (AvgIpc) is 2.46.